The van der Waals surface area contributed by atoms with Gasteiger partial charge in [0.1, 0.15) is 0 Å². The molecule has 0 radical (unpaired) electrons. The van der Waals surface area contributed by atoms with Crippen molar-refractivity contribution in [2.75, 3.05) is 20.1 Å². The minimum Gasteiger partial charge on any atom is -0.481 e. The summed E-state index contributed by atoms with van der Waals surface area (Å²) >= 11 is 0. The Morgan fingerprint density at radius 1 is 1.20 bits per heavy atom. The maximum absolute atomic E-state index is 13.0. The maximum Gasteiger partial charge on any atom is 0.394 e. The molecule has 2 atom stereocenters. The topological polar surface area (TPSA) is 104 Å². The fourth-order valence-corrected chi connectivity index (χ4v) is 3.36. The van der Waals surface area contributed by atoms with Crippen LogP contribution in [0.1, 0.15) is 10.4 Å². The molecule has 1 aromatic rings. The van der Waals surface area contributed by atoms with E-state index >= 15 is 0 Å². The summed E-state index contributed by atoms with van der Waals surface area (Å²) in [5.41, 5.74) is -0.0259. The molecule has 1 aliphatic heterocycles. The van der Waals surface area contributed by atoms with Gasteiger partial charge < -0.3 is 10.0 Å². The summed E-state index contributed by atoms with van der Waals surface area (Å²) in [6, 6.07) is 4.63. The van der Waals surface area contributed by atoms with Gasteiger partial charge in [0.2, 0.25) is 10.0 Å². The fourth-order valence-electron chi connectivity index (χ4n) is 2.63. The lowest BCUT2D eigenvalue weighted by molar-refractivity contribution is -0.187. The lowest BCUT2D eigenvalue weighted by Gasteiger charge is -2.18. The van der Waals surface area contributed by atoms with E-state index in [0.717, 1.165) is 17.0 Å². The second-order valence-corrected chi connectivity index (χ2v) is 7.42. The molecule has 0 saturated carbocycles. The van der Waals surface area contributed by atoms with Gasteiger partial charge in [-0.1, -0.05) is 0 Å². The van der Waals surface area contributed by atoms with Gasteiger partial charge in [-0.2, -0.15) is 13.2 Å². The molecule has 0 spiro atoms. The van der Waals surface area contributed by atoms with Crippen LogP contribution in [0.4, 0.5) is 13.2 Å². The first-order chi connectivity index (χ1) is 11.5. The molecule has 1 heterocycles. The van der Waals surface area contributed by atoms with Gasteiger partial charge in [-0.25, -0.2) is 13.1 Å². The molecule has 7 nitrogen and oxygen atoms in total. The van der Waals surface area contributed by atoms with E-state index in [-0.39, 0.29) is 10.5 Å². The average Bonchev–Trinajstić information content (AvgIpc) is 3.00. The summed E-state index contributed by atoms with van der Waals surface area (Å²) in [6.45, 7) is -1.31. The molecule has 1 amide bonds. The predicted molar refractivity (Wildman–Crippen MR) is 79.3 cm³/mol. The number of alkyl halides is 3. The van der Waals surface area contributed by atoms with Gasteiger partial charge in [-0.15, -0.1) is 0 Å². The summed E-state index contributed by atoms with van der Waals surface area (Å²) in [4.78, 5) is 24.1. The number of sulfonamides is 1. The van der Waals surface area contributed by atoms with E-state index in [4.69, 9.17) is 5.11 Å². The molecule has 2 rings (SSSR count). The zero-order chi connectivity index (χ0) is 19.0. The van der Waals surface area contributed by atoms with Gasteiger partial charge >= 0.3 is 12.1 Å². The standard InChI is InChI=1S/C14H15F3N2O5S/c1-18-25(23,24)9-4-2-8(3-5-9)12(20)19-6-10(13(21)22)11(7-19)14(15,16)17/h2-5,10-11,18H,6-7H2,1H3,(H,21,22)/t10-,11-/m1/s1. The van der Waals surface area contributed by atoms with Gasteiger partial charge in [0.15, 0.2) is 0 Å². The highest BCUT2D eigenvalue weighted by molar-refractivity contribution is 7.89. The third-order valence-corrected chi connectivity index (χ3v) is 5.46. The highest BCUT2D eigenvalue weighted by atomic mass is 32.2. The Bertz CT molecular complexity index is 777. The van der Waals surface area contributed by atoms with E-state index in [9.17, 15) is 31.2 Å². The van der Waals surface area contributed by atoms with E-state index in [2.05, 4.69) is 4.72 Å². The molecule has 1 aliphatic rings. The molecule has 0 unspecified atom stereocenters. The van der Waals surface area contributed by atoms with E-state index in [1.165, 1.54) is 19.2 Å². The van der Waals surface area contributed by atoms with Crippen LogP contribution in [-0.4, -0.2) is 56.6 Å². The van der Waals surface area contributed by atoms with Gasteiger partial charge in [-0.3, -0.25) is 9.59 Å². The van der Waals surface area contributed by atoms with Crippen molar-refractivity contribution >= 4 is 21.9 Å². The molecule has 1 aromatic carbocycles. The van der Waals surface area contributed by atoms with Crippen LogP contribution in [0, 0.1) is 11.8 Å². The van der Waals surface area contributed by atoms with E-state index in [0.29, 0.717) is 0 Å². The maximum atomic E-state index is 13.0. The number of carboxylic acids is 1. The Hall–Kier alpha value is -2.14. The molecule has 2 N–H and O–H groups in total. The molecule has 138 valence electrons. The van der Waals surface area contributed by atoms with Gasteiger partial charge in [0, 0.05) is 18.7 Å². The third kappa shape index (κ3) is 3.93. The molecular formula is C14H15F3N2O5S. The van der Waals surface area contributed by atoms with Crippen molar-refractivity contribution in [1.82, 2.24) is 9.62 Å². The van der Waals surface area contributed by atoms with Crippen LogP contribution in [0.15, 0.2) is 29.2 Å². The number of carbonyl (C=O) groups excluding carboxylic acids is 1. The number of carboxylic acid groups (broad SMARTS) is 1. The predicted octanol–water partition coefficient (Wildman–Crippen LogP) is 0.930. The van der Waals surface area contributed by atoms with Crippen LogP contribution in [-0.2, 0) is 14.8 Å². The summed E-state index contributed by atoms with van der Waals surface area (Å²) < 4.78 is 64.2. The van der Waals surface area contributed by atoms with E-state index in [1.807, 2.05) is 0 Å². The van der Waals surface area contributed by atoms with Gasteiger partial charge in [0.05, 0.1) is 16.7 Å². The average molecular weight is 380 g/mol. The van der Waals surface area contributed by atoms with E-state index < -0.39 is 53.0 Å². The Labute approximate surface area is 141 Å². The number of rotatable bonds is 4. The number of halogens is 3. The first kappa shape index (κ1) is 19.2. The van der Waals surface area contributed by atoms with E-state index in [1.54, 1.807) is 0 Å². The molecular weight excluding hydrogens is 365 g/mol. The van der Waals surface area contributed by atoms with Gasteiger partial charge in [-0.05, 0) is 31.3 Å². The van der Waals surface area contributed by atoms with Crippen LogP contribution in [0.2, 0.25) is 0 Å². The number of nitrogens with one attached hydrogen (secondary N) is 1. The van der Waals surface area contributed by atoms with Crippen LogP contribution in [0.25, 0.3) is 0 Å². The van der Waals surface area contributed by atoms with Crippen molar-refractivity contribution in [2.45, 2.75) is 11.1 Å². The van der Waals surface area contributed by atoms with Crippen LogP contribution < -0.4 is 4.72 Å². The molecule has 0 bridgehead atoms. The van der Waals surface area contributed by atoms with Crippen molar-refractivity contribution in [3.05, 3.63) is 29.8 Å². The second-order valence-electron chi connectivity index (χ2n) is 5.53. The second kappa shape index (κ2) is 6.64. The van der Waals surface area contributed by atoms with Crippen molar-refractivity contribution < 1.29 is 36.3 Å². The number of benzene rings is 1. The fraction of sp³-hybridized carbons (Fsp3) is 0.429. The van der Waals surface area contributed by atoms with Crippen molar-refractivity contribution in [3.63, 3.8) is 0 Å². The first-order valence-electron chi connectivity index (χ1n) is 7.09. The Balaban J connectivity index is 2.22. The zero-order valence-corrected chi connectivity index (χ0v) is 13.8. The number of aliphatic carboxylic acids is 1. The summed E-state index contributed by atoms with van der Waals surface area (Å²) in [5.74, 6) is -6.27. The normalized spacial score (nSPS) is 21.4. The lowest BCUT2D eigenvalue weighted by atomic mass is 9.96. The van der Waals surface area contributed by atoms with Gasteiger partial charge in [0.25, 0.3) is 5.91 Å². The minimum atomic E-state index is -4.73. The number of amides is 1. The van der Waals surface area contributed by atoms with Crippen molar-refractivity contribution in [2.24, 2.45) is 11.8 Å². The Morgan fingerprint density at radius 2 is 1.76 bits per heavy atom. The summed E-state index contributed by atoms with van der Waals surface area (Å²) in [5, 5.41) is 8.96. The first-order valence-corrected chi connectivity index (χ1v) is 8.58. The summed E-state index contributed by atoms with van der Waals surface area (Å²) in [7, 11) is -2.50. The largest absolute Gasteiger partial charge is 0.481 e. The Morgan fingerprint density at radius 3 is 2.16 bits per heavy atom. The minimum absolute atomic E-state index is 0.0259. The molecule has 0 aliphatic carbocycles. The number of hydrogen-bond donors (Lipinski definition) is 2. The highest BCUT2D eigenvalue weighted by Gasteiger charge is 2.53. The van der Waals surface area contributed by atoms with Crippen molar-refractivity contribution in [3.8, 4) is 0 Å². The molecule has 1 saturated heterocycles. The molecule has 1 fully saturated rings. The SMILES string of the molecule is CNS(=O)(=O)c1ccc(C(=O)N2C[C@@H](C(F)(F)F)[C@H](C(=O)O)C2)cc1. The number of hydrogen-bond acceptors (Lipinski definition) is 4. The summed E-state index contributed by atoms with van der Waals surface area (Å²) in [6.07, 6.45) is -4.73. The quantitative estimate of drug-likeness (QED) is 0.809. The highest BCUT2D eigenvalue weighted by Crippen LogP contribution is 2.38. The molecule has 11 heteroatoms. The van der Waals surface area contributed by atoms with Crippen LogP contribution in [0.5, 0.6) is 0 Å². The zero-order valence-electron chi connectivity index (χ0n) is 12.9. The molecule has 25 heavy (non-hydrogen) atoms. The monoisotopic (exact) mass is 380 g/mol. The van der Waals surface area contributed by atoms with Crippen molar-refractivity contribution in [1.29, 1.82) is 0 Å². The third-order valence-electron chi connectivity index (χ3n) is 4.03. The number of likely N-dealkylation sites (tertiary alicyclic amines) is 1. The smallest absolute Gasteiger partial charge is 0.394 e. The van der Waals surface area contributed by atoms with Crippen LogP contribution in [0.3, 0.4) is 0 Å². The number of nitrogens with zero attached hydrogens (tertiary/aromatic N) is 1. The molecule has 0 aromatic heterocycles. The van der Waals surface area contributed by atoms with Crippen LogP contribution >= 0.6 is 0 Å². The Kier molecular flexibility index (Phi) is 5.09. The lowest BCUT2D eigenvalue weighted by Crippen LogP contribution is -2.34. The number of carbonyl (C=O) groups is 2.